The Bertz CT molecular complexity index is 676. The molecule has 2 aromatic heterocycles. The summed E-state index contributed by atoms with van der Waals surface area (Å²) in [6, 6.07) is 0.607. The van der Waals surface area contributed by atoms with Crippen LogP contribution in [0.2, 0.25) is 0 Å². The number of thiophene rings is 1. The topological polar surface area (TPSA) is 29.0 Å². The summed E-state index contributed by atoms with van der Waals surface area (Å²) < 4.78 is 0. The van der Waals surface area contributed by atoms with Gasteiger partial charge in [0.2, 0.25) is 0 Å². The van der Waals surface area contributed by atoms with Gasteiger partial charge in [-0.1, -0.05) is 0 Å². The first kappa shape index (κ1) is 13.5. The second-order valence-corrected chi connectivity index (χ2v) is 7.61. The first-order valence-corrected chi connectivity index (χ1v) is 9.11. The molecule has 1 unspecified atom stereocenters. The molecule has 1 atom stereocenters. The summed E-state index contributed by atoms with van der Waals surface area (Å²) in [5.74, 6) is 2.15. The van der Waals surface area contributed by atoms with Crippen molar-refractivity contribution in [2.24, 2.45) is 0 Å². The van der Waals surface area contributed by atoms with Gasteiger partial charge in [0.25, 0.3) is 0 Å². The van der Waals surface area contributed by atoms with Crippen molar-refractivity contribution in [1.29, 1.82) is 0 Å². The molecule has 3 heterocycles. The molecule has 0 bridgehead atoms. The molecule has 1 saturated heterocycles. The van der Waals surface area contributed by atoms with Gasteiger partial charge in [-0.25, -0.2) is 9.97 Å². The van der Waals surface area contributed by atoms with E-state index in [1.54, 1.807) is 10.4 Å². The Morgan fingerprint density at radius 2 is 1.95 bits per heavy atom. The van der Waals surface area contributed by atoms with Gasteiger partial charge >= 0.3 is 0 Å². The number of fused-ring (bicyclic) bond motifs is 3. The highest BCUT2D eigenvalue weighted by Crippen LogP contribution is 2.40. The van der Waals surface area contributed by atoms with Crippen molar-refractivity contribution in [3.05, 3.63) is 16.3 Å². The summed E-state index contributed by atoms with van der Waals surface area (Å²) in [6.07, 6.45) is 9.05. The molecule has 0 N–H and O–H groups in total. The molecule has 1 aliphatic carbocycles. The largest absolute Gasteiger partial charge is 0.353 e. The number of piperidine rings is 1. The number of aryl methyl sites for hydroxylation is 3. The first-order valence-electron chi connectivity index (χ1n) is 8.29. The zero-order valence-electron chi connectivity index (χ0n) is 13.0. The van der Waals surface area contributed by atoms with Crippen molar-refractivity contribution in [2.75, 3.05) is 11.4 Å². The quantitative estimate of drug-likeness (QED) is 0.788. The maximum absolute atomic E-state index is 4.88. The van der Waals surface area contributed by atoms with E-state index in [4.69, 9.17) is 9.97 Å². The lowest BCUT2D eigenvalue weighted by Gasteiger charge is -2.35. The Kier molecular flexibility index (Phi) is 3.37. The molecule has 4 heteroatoms. The van der Waals surface area contributed by atoms with Gasteiger partial charge in [0, 0.05) is 17.5 Å². The molecule has 4 rings (SSSR count). The van der Waals surface area contributed by atoms with Gasteiger partial charge in [-0.2, -0.15) is 0 Å². The monoisotopic (exact) mass is 301 g/mol. The number of nitrogens with zero attached hydrogens (tertiary/aromatic N) is 3. The van der Waals surface area contributed by atoms with Crippen LogP contribution in [0.1, 0.15) is 55.3 Å². The highest BCUT2D eigenvalue weighted by Gasteiger charge is 2.26. The van der Waals surface area contributed by atoms with Gasteiger partial charge in [0.15, 0.2) is 0 Å². The molecule has 1 fully saturated rings. The van der Waals surface area contributed by atoms with Crippen LogP contribution in [0.3, 0.4) is 0 Å². The van der Waals surface area contributed by atoms with Crippen LogP contribution in [-0.4, -0.2) is 22.6 Å². The molecule has 0 amide bonds. The van der Waals surface area contributed by atoms with Gasteiger partial charge in [-0.15, -0.1) is 11.3 Å². The van der Waals surface area contributed by atoms with Crippen molar-refractivity contribution in [3.63, 3.8) is 0 Å². The van der Waals surface area contributed by atoms with E-state index in [-0.39, 0.29) is 0 Å². The van der Waals surface area contributed by atoms with Crippen molar-refractivity contribution in [1.82, 2.24) is 9.97 Å². The van der Waals surface area contributed by atoms with Crippen LogP contribution in [0, 0.1) is 6.92 Å². The zero-order valence-corrected chi connectivity index (χ0v) is 13.8. The number of hydrogen-bond donors (Lipinski definition) is 0. The van der Waals surface area contributed by atoms with Crippen molar-refractivity contribution < 1.29 is 0 Å². The fourth-order valence-corrected chi connectivity index (χ4v) is 5.16. The van der Waals surface area contributed by atoms with E-state index < -0.39 is 0 Å². The second kappa shape index (κ2) is 5.24. The molecule has 1 aliphatic heterocycles. The van der Waals surface area contributed by atoms with E-state index in [9.17, 15) is 0 Å². The highest BCUT2D eigenvalue weighted by atomic mass is 32.1. The van der Waals surface area contributed by atoms with Crippen LogP contribution in [0.5, 0.6) is 0 Å². The smallest absolute Gasteiger partial charge is 0.141 e. The Balaban J connectivity index is 1.92. The van der Waals surface area contributed by atoms with E-state index in [1.165, 1.54) is 61.0 Å². The predicted molar refractivity (Wildman–Crippen MR) is 89.5 cm³/mol. The van der Waals surface area contributed by atoms with Crippen molar-refractivity contribution in [2.45, 2.75) is 64.8 Å². The average molecular weight is 301 g/mol. The van der Waals surface area contributed by atoms with Crippen molar-refractivity contribution >= 4 is 27.4 Å². The first-order chi connectivity index (χ1) is 10.2. The number of rotatable bonds is 1. The molecule has 0 spiro atoms. The van der Waals surface area contributed by atoms with E-state index in [0.717, 1.165) is 12.4 Å². The zero-order chi connectivity index (χ0) is 14.4. The Labute approximate surface area is 130 Å². The van der Waals surface area contributed by atoms with Crippen molar-refractivity contribution in [3.8, 4) is 0 Å². The maximum atomic E-state index is 4.88. The van der Waals surface area contributed by atoms with Gasteiger partial charge in [-0.05, 0) is 64.4 Å². The van der Waals surface area contributed by atoms with Crippen LogP contribution in [0.15, 0.2) is 0 Å². The van der Waals surface area contributed by atoms with E-state index in [1.807, 2.05) is 18.3 Å². The Hall–Kier alpha value is -1.16. The Morgan fingerprint density at radius 3 is 2.81 bits per heavy atom. The number of anilines is 1. The summed E-state index contributed by atoms with van der Waals surface area (Å²) in [5, 5.41) is 1.38. The third kappa shape index (κ3) is 2.24. The molecule has 0 radical (unpaired) electrons. The predicted octanol–water partition coefficient (Wildman–Crippen LogP) is 4.26. The Morgan fingerprint density at radius 1 is 1.10 bits per heavy atom. The molecule has 2 aromatic rings. The highest BCUT2D eigenvalue weighted by molar-refractivity contribution is 7.19. The van der Waals surface area contributed by atoms with Crippen LogP contribution < -0.4 is 4.90 Å². The molecule has 3 nitrogen and oxygen atoms in total. The van der Waals surface area contributed by atoms with Gasteiger partial charge in [0.1, 0.15) is 16.5 Å². The average Bonchev–Trinajstić information content (AvgIpc) is 2.85. The minimum absolute atomic E-state index is 0.607. The third-order valence-electron chi connectivity index (χ3n) is 4.98. The van der Waals surface area contributed by atoms with Gasteiger partial charge in [-0.3, -0.25) is 0 Å². The van der Waals surface area contributed by atoms with Crippen LogP contribution in [-0.2, 0) is 12.8 Å². The molecular formula is C17H23N3S. The maximum Gasteiger partial charge on any atom is 0.141 e. The standard InChI is InChI=1S/C17H23N3S/c1-11-7-5-6-10-20(11)16-15-13-8-3-4-9-14(13)21-17(15)19-12(2)18-16/h11H,3-10H2,1-2H3. The lowest BCUT2D eigenvalue weighted by molar-refractivity contribution is 0.482. The number of hydrogen-bond acceptors (Lipinski definition) is 4. The van der Waals surface area contributed by atoms with Crippen LogP contribution in [0.25, 0.3) is 10.2 Å². The molecule has 21 heavy (non-hydrogen) atoms. The lowest BCUT2D eigenvalue weighted by Crippen LogP contribution is -2.38. The third-order valence-corrected chi connectivity index (χ3v) is 6.17. The normalized spacial score (nSPS) is 22.6. The van der Waals surface area contributed by atoms with Crippen LogP contribution in [0.4, 0.5) is 5.82 Å². The minimum Gasteiger partial charge on any atom is -0.353 e. The molecular weight excluding hydrogens is 278 g/mol. The second-order valence-electron chi connectivity index (χ2n) is 6.52. The molecule has 0 aromatic carbocycles. The minimum atomic E-state index is 0.607. The summed E-state index contributed by atoms with van der Waals surface area (Å²) in [5.41, 5.74) is 1.56. The summed E-state index contributed by atoms with van der Waals surface area (Å²) >= 11 is 1.92. The van der Waals surface area contributed by atoms with E-state index in [0.29, 0.717) is 6.04 Å². The summed E-state index contributed by atoms with van der Waals surface area (Å²) in [6.45, 7) is 5.54. The lowest BCUT2D eigenvalue weighted by atomic mass is 9.96. The molecule has 112 valence electrons. The van der Waals surface area contributed by atoms with Gasteiger partial charge in [0.05, 0.1) is 5.39 Å². The summed E-state index contributed by atoms with van der Waals surface area (Å²) in [4.78, 5) is 15.0. The van der Waals surface area contributed by atoms with E-state index in [2.05, 4.69) is 11.8 Å². The molecule has 2 aliphatic rings. The fraction of sp³-hybridized carbons (Fsp3) is 0.647. The summed E-state index contributed by atoms with van der Waals surface area (Å²) in [7, 11) is 0. The van der Waals surface area contributed by atoms with E-state index >= 15 is 0 Å². The SMILES string of the molecule is Cc1nc(N2CCCCC2C)c2c3c(sc2n1)CCCC3. The number of aromatic nitrogens is 2. The fourth-order valence-electron chi connectivity index (χ4n) is 3.86. The van der Waals surface area contributed by atoms with Crippen LogP contribution >= 0.6 is 11.3 Å². The molecule has 0 saturated carbocycles. The van der Waals surface area contributed by atoms with Gasteiger partial charge < -0.3 is 4.90 Å².